The minimum absolute atomic E-state index is 0.0835. The molecule has 1 aromatic heterocycles. The summed E-state index contributed by atoms with van der Waals surface area (Å²) in [4.78, 5) is 35.9. The van der Waals surface area contributed by atoms with Crippen molar-refractivity contribution >= 4 is 34.7 Å². The molecule has 0 unspecified atom stereocenters. The highest BCUT2D eigenvalue weighted by Gasteiger charge is 2.18. The highest BCUT2D eigenvalue weighted by Crippen LogP contribution is 2.31. The lowest BCUT2D eigenvalue weighted by Gasteiger charge is -2.34. The third kappa shape index (κ3) is 5.61. The van der Waals surface area contributed by atoms with Crippen molar-refractivity contribution < 1.29 is 14.5 Å². The summed E-state index contributed by atoms with van der Waals surface area (Å²) in [6.45, 7) is 9.55. The van der Waals surface area contributed by atoms with Gasteiger partial charge >= 0.3 is 0 Å². The second kappa shape index (κ2) is 10.3. The number of carbonyl (C=O) groups is 1. The number of hydrogen-bond donors (Lipinski definition) is 1. The standard InChI is InChI=1S/C25H26N6O4/c1-17(2)23-25(35-21-6-4-5-20(15-21)31(33)34)28-24(22(16-32)27-23)26-18-7-9-19(10-8-18)30-13-11-29(3)12-14-30/h4-10,15-16H,1,11-14H2,2-3H3,(H,26,28). The highest BCUT2D eigenvalue weighted by atomic mass is 16.6. The Balaban J connectivity index is 1.61. The Labute approximate surface area is 203 Å². The number of aldehydes is 1. The number of hydrogen-bond acceptors (Lipinski definition) is 9. The van der Waals surface area contributed by atoms with Gasteiger partial charge in [-0.25, -0.2) is 4.98 Å². The summed E-state index contributed by atoms with van der Waals surface area (Å²) in [5.41, 5.74) is 2.65. The predicted octanol–water partition coefficient (Wildman–Crippen LogP) is 4.52. The van der Waals surface area contributed by atoms with Crippen LogP contribution in [0, 0.1) is 10.1 Å². The Morgan fingerprint density at radius 3 is 2.49 bits per heavy atom. The number of rotatable bonds is 8. The van der Waals surface area contributed by atoms with Crippen molar-refractivity contribution in [2.24, 2.45) is 0 Å². The number of allylic oxidation sites excluding steroid dienone is 1. The first-order chi connectivity index (χ1) is 16.8. The maximum atomic E-state index is 11.8. The van der Waals surface area contributed by atoms with Gasteiger partial charge in [0, 0.05) is 43.6 Å². The fraction of sp³-hybridized carbons (Fsp3) is 0.240. The quantitative estimate of drug-likeness (QED) is 0.286. The van der Waals surface area contributed by atoms with Gasteiger partial charge in [0.1, 0.15) is 17.1 Å². The van der Waals surface area contributed by atoms with Gasteiger partial charge in [-0.05, 0) is 49.9 Å². The van der Waals surface area contributed by atoms with Gasteiger partial charge in [0.2, 0.25) is 5.88 Å². The van der Waals surface area contributed by atoms with Gasteiger partial charge in [0.15, 0.2) is 12.1 Å². The number of nitro benzene ring substituents is 1. The SMILES string of the molecule is C=C(C)c1nc(C=O)c(Nc2ccc(N3CCN(C)CC3)cc2)nc1Oc1cccc([N+](=O)[O-])c1. The number of anilines is 3. The van der Waals surface area contributed by atoms with Crippen molar-refractivity contribution in [2.75, 3.05) is 43.4 Å². The zero-order valence-electron chi connectivity index (χ0n) is 19.6. The van der Waals surface area contributed by atoms with Crippen molar-refractivity contribution in [3.8, 4) is 11.6 Å². The summed E-state index contributed by atoms with van der Waals surface area (Å²) < 4.78 is 5.84. The van der Waals surface area contributed by atoms with Crippen LogP contribution < -0.4 is 15.0 Å². The molecule has 10 nitrogen and oxygen atoms in total. The molecule has 0 atom stereocenters. The summed E-state index contributed by atoms with van der Waals surface area (Å²) in [6.07, 6.45) is 0.609. The van der Waals surface area contributed by atoms with E-state index in [1.165, 1.54) is 18.2 Å². The molecule has 4 rings (SSSR count). The number of non-ortho nitro benzene ring substituents is 1. The number of nitrogens with one attached hydrogen (secondary N) is 1. The molecule has 0 aliphatic carbocycles. The second-order valence-corrected chi connectivity index (χ2v) is 8.33. The summed E-state index contributed by atoms with van der Waals surface area (Å²) in [5, 5.41) is 14.2. The fourth-order valence-corrected chi connectivity index (χ4v) is 3.69. The first kappa shape index (κ1) is 23.8. The third-order valence-electron chi connectivity index (χ3n) is 5.65. The van der Waals surface area contributed by atoms with Crippen LogP contribution in [0.1, 0.15) is 23.1 Å². The summed E-state index contributed by atoms with van der Waals surface area (Å²) in [6, 6.07) is 13.6. The van der Waals surface area contributed by atoms with E-state index in [1.54, 1.807) is 13.0 Å². The van der Waals surface area contributed by atoms with Crippen LogP contribution in [0.25, 0.3) is 5.57 Å². The van der Waals surface area contributed by atoms with E-state index >= 15 is 0 Å². The predicted molar refractivity (Wildman–Crippen MR) is 135 cm³/mol. The number of carbonyl (C=O) groups excluding carboxylic acids is 1. The van der Waals surface area contributed by atoms with Crippen LogP contribution in [-0.4, -0.2) is 59.3 Å². The van der Waals surface area contributed by atoms with Crippen molar-refractivity contribution in [3.63, 3.8) is 0 Å². The molecule has 0 bridgehead atoms. The third-order valence-corrected chi connectivity index (χ3v) is 5.65. The zero-order valence-corrected chi connectivity index (χ0v) is 19.6. The van der Waals surface area contributed by atoms with Crippen LogP contribution in [0.3, 0.4) is 0 Å². The van der Waals surface area contributed by atoms with Gasteiger partial charge in [-0.2, -0.15) is 4.98 Å². The van der Waals surface area contributed by atoms with Crippen molar-refractivity contribution in [1.82, 2.24) is 14.9 Å². The van der Waals surface area contributed by atoms with Gasteiger partial charge < -0.3 is 19.9 Å². The average Bonchev–Trinajstić information content (AvgIpc) is 2.85. The van der Waals surface area contributed by atoms with Crippen LogP contribution in [0.4, 0.5) is 22.9 Å². The van der Waals surface area contributed by atoms with Gasteiger partial charge in [0.25, 0.3) is 5.69 Å². The molecule has 1 aliphatic heterocycles. The molecular weight excluding hydrogens is 448 g/mol. The van der Waals surface area contributed by atoms with E-state index < -0.39 is 4.92 Å². The van der Waals surface area contributed by atoms with Gasteiger partial charge in [-0.15, -0.1) is 0 Å². The van der Waals surface area contributed by atoms with E-state index in [1.807, 2.05) is 24.3 Å². The lowest BCUT2D eigenvalue weighted by Crippen LogP contribution is -2.44. The van der Waals surface area contributed by atoms with Crippen molar-refractivity contribution in [3.05, 3.63) is 76.6 Å². The molecule has 0 amide bonds. The van der Waals surface area contributed by atoms with Crippen LogP contribution in [0.2, 0.25) is 0 Å². The Hall–Kier alpha value is -4.31. The molecule has 1 fully saturated rings. The van der Waals surface area contributed by atoms with Crippen LogP contribution in [0.15, 0.2) is 55.1 Å². The van der Waals surface area contributed by atoms with E-state index in [-0.39, 0.29) is 34.5 Å². The Morgan fingerprint density at radius 1 is 1.14 bits per heavy atom. The number of piperazine rings is 1. The second-order valence-electron chi connectivity index (χ2n) is 8.33. The summed E-state index contributed by atoms with van der Waals surface area (Å²) in [7, 11) is 2.12. The smallest absolute Gasteiger partial charge is 0.273 e. The fourth-order valence-electron chi connectivity index (χ4n) is 3.69. The zero-order chi connectivity index (χ0) is 24.9. The number of aromatic nitrogens is 2. The molecule has 2 aromatic carbocycles. The Morgan fingerprint density at radius 2 is 1.86 bits per heavy atom. The molecule has 1 saturated heterocycles. The molecule has 1 aliphatic rings. The number of benzene rings is 2. The lowest BCUT2D eigenvalue weighted by molar-refractivity contribution is -0.384. The molecule has 0 spiro atoms. The monoisotopic (exact) mass is 474 g/mol. The maximum Gasteiger partial charge on any atom is 0.273 e. The molecule has 0 saturated carbocycles. The van der Waals surface area contributed by atoms with Gasteiger partial charge in [-0.3, -0.25) is 14.9 Å². The Kier molecular flexibility index (Phi) is 7.02. The minimum atomic E-state index is -0.507. The lowest BCUT2D eigenvalue weighted by atomic mass is 10.2. The highest BCUT2D eigenvalue weighted by molar-refractivity contribution is 5.83. The van der Waals surface area contributed by atoms with Crippen LogP contribution in [0.5, 0.6) is 11.6 Å². The van der Waals surface area contributed by atoms with Crippen molar-refractivity contribution in [1.29, 1.82) is 0 Å². The number of nitro groups is 1. The van der Waals surface area contributed by atoms with E-state index in [4.69, 9.17) is 4.74 Å². The van der Waals surface area contributed by atoms with E-state index in [2.05, 4.69) is 38.7 Å². The van der Waals surface area contributed by atoms with Gasteiger partial charge in [0.05, 0.1) is 11.0 Å². The molecule has 1 N–H and O–H groups in total. The van der Waals surface area contributed by atoms with E-state index in [0.717, 1.165) is 37.6 Å². The molecule has 0 radical (unpaired) electrons. The first-order valence-corrected chi connectivity index (χ1v) is 11.1. The minimum Gasteiger partial charge on any atom is -0.437 e. The van der Waals surface area contributed by atoms with Crippen LogP contribution >= 0.6 is 0 Å². The van der Waals surface area contributed by atoms with Gasteiger partial charge in [-0.1, -0.05) is 12.6 Å². The maximum absolute atomic E-state index is 11.8. The van der Waals surface area contributed by atoms with Crippen LogP contribution in [-0.2, 0) is 0 Å². The topological polar surface area (TPSA) is 114 Å². The molecular formula is C25H26N6O4. The first-order valence-electron chi connectivity index (χ1n) is 11.1. The average molecular weight is 475 g/mol. The van der Waals surface area contributed by atoms with Crippen molar-refractivity contribution in [2.45, 2.75) is 6.92 Å². The summed E-state index contributed by atoms with van der Waals surface area (Å²) in [5.74, 6) is 0.510. The largest absolute Gasteiger partial charge is 0.437 e. The number of nitrogens with zero attached hydrogens (tertiary/aromatic N) is 5. The van der Waals surface area contributed by atoms with E-state index in [9.17, 15) is 14.9 Å². The van der Waals surface area contributed by atoms with E-state index in [0.29, 0.717) is 11.9 Å². The normalized spacial score (nSPS) is 13.8. The Bertz CT molecular complexity index is 1250. The molecule has 2 heterocycles. The summed E-state index contributed by atoms with van der Waals surface area (Å²) >= 11 is 0. The molecule has 10 heteroatoms. The number of ether oxygens (including phenoxy) is 1. The number of likely N-dealkylation sites (N-methyl/N-ethyl adjacent to an activating group) is 1. The molecule has 35 heavy (non-hydrogen) atoms. The molecule has 180 valence electrons. The molecule has 3 aromatic rings.